The lowest BCUT2D eigenvalue weighted by Crippen LogP contribution is -2.37. The van der Waals surface area contributed by atoms with E-state index in [2.05, 4.69) is 68.0 Å². The van der Waals surface area contributed by atoms with Crippen molar-refractivity contribution in [1.29, 1.82) is 0 Å². The van der Waals surface area contributed by atoms with E-state index in [9.17, 15) is 0 Å². The number of ether oxygens (including phenoxy) is 1. The fourth-order valence-corrected chi connectivity index (χ4v) is 4.16. The largest absolute Gasteiger partial charge is 0.378 e. The fourth-order valence-electron chi connectivity index (χ4n) is 4.16. The van der Waals surface area contributed by atoms with Crippen molar-refractivity contribution >= 4 is 22.5 Å². The number of morpholine rings is 1. The summed E-state index contributed by atoms with van der Waals surface area (Å²) < 4.78 is 7.73. The molecule has 2 aliphatic heterocycles. The standard InChI is InChI=1S/C20H23N5O/c1-23-17-5-3-2-4-15(17)16-8-9-25(14-18(16)23)20-7-6-19(21-22-20)24-10-12-26-13-11-24/h2-7H,8-14H2,1H3. The lowest BCUT2D eigenvalue weighted by Gasteiger charge is -2.30. The molecule has 0 saturated carbocycles. The van der Waals surface area contributed by atoms with Gasteiger partial charge in [-0.3, -0.25) is 0 Å². The minimum atomic E-state index is 0.763. The average Bonchev–Trinajstić information content (AvgIpc) is 3.01. The maximum atomic E-state index is 5.41. The van der Waals surface area contributed by atoms with Crippen molar-refractivity contribution in [3.63, 3.8) is 0 Å². The summed E-state index contributed by atoms with van der Waals surface area (Å²) in [4.78, 5) is 4.57. The van der Waals surface area contributed by atoms with Crippen LogP contribution in [0.25, 0.3) is 10.9 Å². The molecule has 26 heavy (non-hydrogen) atoms. The molecule has 0 bridgehead atoms. The second kappa shape index (κ2) is 6.29. The molecule has 5 rings (SSSR count). The van der Waals surface area contributed by atoms with Crippen LogP contribution in [0.15, 0.2) is 36.4 Å². The van der Waals surface area contributed by atoms with E-state index in [1.165, 1.54) is 22.2 Å². The first-order chi connectivity index (χ1) is 12.8. The Morgan fingerprint density at radius 3 is 2.38 bits per heavy atom. The van der Waals surface area contributed by atoms with Gasteiger partial charge < -0.3 is 19.1 Å². The van der Waals surface area contributed by atoms with Crippen LogP contribution >= 0.6 is 0 Å². The summed E-state index contributed by atoms with van der Waals surface area (Å²) in [7, 11) is 2.16. The maximum Gasteiger partial charge on any atom is 0.151 e. The third-order valence-corrected chi connectivity index (χ3v) is 5.61. The van der Waals surface area contributed by atoms with Crippen LogP contribution in [0.3, 0.4) is 0 Å². The van der Waals surface area contributed by atoms with E-state index in [-0.39, 0.29) is 0 Å². The Morgan fingerprint density at radius 1 is 0.885 bits per heavy atom. The molecule has 0 N–H and O–H groups in total. The second-order valence-electron chi connectivity index (χ2n) is 7.02. The zero-order valence-corrected chi connectivity index (χ0v) is 15.1. The van der Waals surface area contributed by atoms with Gasteiger partial charge in [0.1, 0.15) is 0 Å². The highest BCUT2D eigenvalue weighted by Crippen LogP contribution is 2.31. The number of rotatable bonds is 2. The Morgan fingerprint density at radius 2 is 1.62 bits per heavy atom. The third-order valence-electron chi connectivity index (χ3n) is 5.61. The van der Waals surface area contributed by atoms with Crippen LogP contribution in [0.5, 0.6) is 0 Å². The molecule has 0 unspecified atom stereocenters. The Labute approximate surface area is 153 Å². The predicted molar refractivity (Wildman–Crippen MR) is 103 cm³/mol. The van der Waals surface area contributed by atoms with Crippen molar-refractivity contribution < 1.29 is 4.74 Å². The molecular weight excluding hydrogens is 326 g/mol. The summed E-state index contributed by atoms with van der Waals surface area (Å²) in [6, 6.07) is 12.9. The van der Waals surface area contributed by atoms with Crippen molar-refractivity contribution in [2.24, 2.45) is 7.05 Å². The first-order valence-corrected chi connectivity index (χ1v) is 9.28. The van der Waals surface area contributed by atoms with E-state index in [4.69, 9.17) is 4.74 Å². The fraction of sp³-hybridized carbons (Fsp3) is 0.400. The number of fused-ring (bicyclic) bond motifs is 3. The Balaban J connectivity index is 1.40. The highest BCUT2D eigenvalue weighted by molar-refractivity contribution is 5.86. The highest BCUT2D eigenvalue weighted by Gasteiger charge is 2.24. The Hall–Kier alpha value is -2.60. The predicted octanol–water partition coefficient (Wildman–Crippen LogP) is 2.37. The van der Waals surface area contributed by atoms with Gasteiger partial charge in [-0.1, -0.05) is 18.2 Å². The Bertz CT molecular complexity index is 927. The molecule has 134 valence electrons. The maximum absolute atomic E-state index is 5.41. The number of aromatic nitrogens is 3. The second-order valence-corrected chi connectivity index (χ2v) is 7.02. The third kappa shape index (κ3) is 2.52. The highest BCUT2D eigenvalue weighted by atomic mass is 16.5. The topological polar surface area (TPSA) is 46.4 Å². The molecule has 6 heteroatoms. The minimum absolute atomic E-state index is 0.763. The average molecular weight is 349 g/mol. The number of nitrogens with zero attached hydrogens (tertiary/aromatic N) is 5. The summed E-state index contributed by atoms with van der Waals surface area (Å²) in [6.45, 7) is 5.16. The molecule has 4 heterocycles. The van der Waals surface area contributed by atoms with E-state index in [0.29, 0.717) is 0 Å². The lowest BCUT2D eigenvalue weighted by atomic mass is 10.0. The van der Waals surface area contributed by atoms with Gasteiger partial charge in [0, 0.05) is 43.3 Å². The van der Waals surface area contributed by atoms with Crippen molar-refractivity contribution in [2.45, 2.75) is 13.0 Å². The van der Waals surface area contributed by atoms with Crippen LogP contribution in [-0.4, -0.2) is 47.6 Å². The molecule has 0 aliphatic carbocycles. The minimum Gasteiger partial charge on any atom is -0.378 e. The van der Waals surface area contributed by atoms with Crippen molar-refractivity contribution in [3.8, 4) is 0 Å². The normalized spacial score (nSPS) is 17.6. The van der Waals surface area contributed by atoms with Gasteiger partial charge in [-0.25, -0.2) is 0 Å². The summed E-state index contributed by atoms with van der Waals surface area (Å²) in [5.41, 5.74) is 4.18. The van der Waals surface area contributed by atoms with Crippen molar-refractivity contribution in [2.75, 3.05) is 42.6 Å². The molecule has 3 aromatic rings. The van der Waals surface area contributed by atoms with Gasteiger partial charge in [0.25, 0.3) is 0 Å². The van der Waals surface area contributed by atoms with Crippen molar-refractivity contribution in [1.82, 2.24) is 14.8 Å². The van der Waals surface area contributed by atoms with Crippen LogP contribution < -0.4 is 9.80 Å². The summed E-state index contributed by atoms with van der Waals surface area (Å²) in [5.74, 6) is 1.90. The molecule has 0 atom stereocenters. The van der Waals surface area contributed by atoms with Gasteiger partial charge in [-0.05, 0) is 30.2 Å². The molecule has 1 saturated heterocycles. The smallest absolute Gasteiger partial charge is 0.151 e. The molecule has 0 spiro atoms. The number of anilines is 2. The number of aryl methyl sites for hydroxylation is 1. The van der Waals surface area contributed by atoms with Gasteiger partial charge in [-0.2, -0.15) is 0 Å². The lowest BCUT2D eigenvalue weighted by molar-refractivity contribution is 0.122. The van der Waals surface area contributed by atoms with E-state index >= 15 is 0 Å². The van der Waals surface area contributed by atoms with Gasteiger partial charge in [0.05, 0.1) is 19.8 Å². The van der Waals surface area contributed by atoms with Crippen LogP contribution in [-0.2, 0) is 24.8 Å². The molecule has 1 fully saturated rings. The SMILES string of the molecule is Cn1c2c(c3ccccc31)CCN(c1ccc(N3CCOCC3)nn1)C2. The molecule has 6 nitrogen and oxygen atoms in total. The van der Waals surface area contributed by atoms with Gasteiger partial charge in [0.15, 0.2) is 11.6 Å². The number of benzene rings is 1. The van der Waals surface area contributed by atoms with Crippen LogP contribution in [0.2, 0.25) is 0 Å². The van der Waals surface area contributed by atoms with E-state index in [1.807, 2.05) is 0 Å². The van der Waals surface area contributed by atoms with Gasteiger partial charge >= 0.3 is 0 Å². The van der Waals surface area contributed by atoms with Crippen LogP contribution in [0.1, 0.15) is 11.3 Å². The monoisotopic (exact) mass is 349 g/mol. The van der Waals surface area contributed by atoms with E-state index in [1.54, 1.807) is 0 Å². The number of para-hydroxylation sites is 1. The molecule has 0 amide bonds. The summed E-state index contributed by atoms with van der Waals surface area (Å²) >= 11 is 0. The summed E-state index contributed by atoms with van der Waals surface area (Å²) in [5, 5.41) is 10.4. The molecule has 2 aromatic heterocycles. The molecule has 1 aromatic carbocycles. The Kier molecular flexibility index (Phi) is 3.78. The zero-order chi connectivity index (χ0) is 17.5. The van der Waals surface area contributed by atoms with Gasteiger partial charge in [-0.15, -0.1) is 10.2 Å². The first kappa shape index (κ1) is 15.6. The van der Waals surface area contributed by atoms with E-state index < -0.39 is 0 Å². The van der Waals surface area contributed by atoms with Crippen LogP contribution in [0, 0.1) is 0 Å². The molecule has 0 radical (unpaired) electrons. The van der Waals surface area contributed by atoms with Crippen LogP contribution in [0.4, 0.5) is 11.6 Å². The number of hydrogen-bond donors (Lipinski definition) is 0. The quantitative estimate of drug-likeness (QED) is 0.711. The molecular formula is C20H23N5O. The van der Waals surface area contributed by atoms with Crippen molar-refractivity contribution in [3.05, 3.63) is 47.7 Å². The summed E-state index contributed by atoms with van der Waals surface area (Å²) in [6.07, 6.45) is 1.05. The van der Waals surface area contributed by atoms with E-state index in [0.717, 1.165) is 57.4 Å². The molecule has 2 aliphatic rings. The van der Waals surface area contributed by atoms with Gasteiger partial charge in [0.2, 0.25) is 0 Å². The first-order valence-electron chi connectivity index (χ1n) is 9.28. The number of hydrogen-bond acceptors (Lipinski definition) is 5. The zero-order valence-electron chi connectivity index (χ0n) is 15.1.